The molecule has 0 saturated carbocycles. The zero-order chi connectivity index (χ0) is 63.6. The summed E-state index contributed by atoms with van der Waals surface area (Å²) in [6.45, 7) is 10.2. The third-order valence-electron chi connectivity index (χ3n) is 15.4. The predicted molar refractivity (Wildman–Crippen MR) is 329 cm³/mol. The molecule has 1 aromatic carbocycles. The Bertz CT molecular complexity index is 2860. The number of hydrogen-bond acceptors (Lipinski definition) is 27. The number of aliphatic hydroxyl groups is 5. The lowest BCUT2D eigenvalue weighted by atomic mass is 9.75. The quantitative estimate of drug-likeness (QED) is 0.0287. The molecule has 4 saturated heterocycles. The number of hydrogen-bond donors (Lipinski definition) is 7. The van der Waals surface area contributed by atoms with Crippen molar-refractivity contribution >= 4 is 88.7 Å². The highest BCUT2D eigenvalue weighted by Gasteiger charge is 2.52. The van der Waals surface area contributed by atoms with E-state index in [4.69, 9.17) is 61.7 Å². The molecule has 2 amide bonds. The minimum atomic E-state index is -2.08. The van der Waals surface area contributed by atoms with Crippen molar-refractivity contribution in [3.05, 3.63) is 49.8 Å². The molecule has 4 aliphatic heterocycles. The zero-order valence-electron chi connectivity index (χ0n) is 50.0. The molecule has 0 spiro atoms. The summed E-state index contributed by atoms with van der Waals surface area (Å²) < 4.78 is 72.7. The van der Waals surface area contributed by atoms with Gasteiger partial charge in [-0.2, -0.15) is 5.48 Å². The smallest absolute Gasteiger partial charge is 0.411 e. The number of aliphatic hydroxyl groups excluding tert-OH is 4. The fourth-order valence-corrected chi connectivity index (χ4v) is 15.2. The largest absolute Gasteiger partial charge is 0.492 e. The van der Waals surface area contributed by atoms with Crippen LogP contribution in [0.2, 0.25) is 0 Å². The van der Waals surface area contributed by atoms with Crippen LogP contribution in [0.3, 0.4) is 0 Å². The second-order valence-corrected chi connectivity index (χ2v) is 27.4. The topological polar surface area (TPSA) is 317 Å². The van der Waals surface area contributed by atoms with Crippen molar-refractivity contribution in [1.82, 2.24) is 15.7 Å². The number of alkyl carbamates (subject to hydrolysis) is 1. The monoisotopic (exact) mass is 1410 g/mol. The molecular formula is C57H76IN3O22S4. The van der Waals surface area contributed by atoms with Crippen LogP contribution in [0, 0.1) is 34.2 Å². The number of hydroxylamine groups is 1. The number of ketones is 1. The van der Waals surface area contributed by atoms with Gasteiger partial charge in [0, 0.05) is 57.4 Å². The van der Waals surface area contributed by atoms with Crippen LogP contribution in [0.25, 0.3) is 0 Å². The maximum atomic E-state index is 14.5. The van der Waals surface area contributed by atoms with Crippen molar-refractivity contribution in [2.24, 2.45) is 0 Å². The molecular weight excluding hydrogens is 1330 g/mol. The molecule has 2 aliphatic carbocycles. The Labute approximate surface area is 534 Å². The van der Waals surface area contributed by atoms with Gasteiger partial charge in [0.25, 0.3) is 0 Å². The Morgan fingerprint density at radius 2 is 1.60 bits per heavy atom. The van der Waals surface area contributed by atoms with Gasteiger partial charge in [-0.3, -0.25) is 24.5 Å². The number of benzene rings is 1. The van der Waals surface area contributed by atoms with E-state index >= 15 is 0 Å². The first-order chi connectivity index (χ1) is 41.5. The molecule has 0 unspecified atom stereocenters. The number of halogens is 1. The van der Waals surface area contributed by atoms with Gasteiger partial charge >= 0.3 is 6.09 Å². The van der Waals surface area contributed by atoms with E-state index in [1.165, 1.54) is 78.9 Å². The standard InChI is InChI=1S/C57H76IN3O22S4/c1-13-61(30(6)62)32-25-76-37(23-36(32)71-7)81-50-45(66)42(27(3)78-55(50)80-35-18-16-14-15-17-20-57(70)24-34(64)43(59-56(69)75-11)40(35)31(57)19-21-85-87-84-12)60-83-38-22-33(63)52(29(5)77-38)86-53(68)39-26(2)41(58)48(51(74-10)47(39)72-8)82-54-46(67)49(73-9)44(65)28(4)79-54/h14-15,19,27-29,32-33,35-38,42,44-46,49-50,52,54-55,60,63,65-67,70H,13,21-25H2,1-12H3,(H,59,69)/b15-14+,31-19-/t27-,28+,29-,32+,33+,35+,36+,37+,38+,42-,44+,45+,46-,49-,50-,52-,54+,55+,57+/m1/s1. The van der Waals surface area contributed by atoms with Crippen molar-refractivity contribution in [3.8, 4) is 40.9 Å². The molecule has 4 fully saturated rings. The Morgan fingerprint density at radius 1 is 0.885 bits per heavy atom. The van der Waals surface area contributed by atoms with Crippen LogP contribution in [0.4, 0.5) is 4.79 Å². The van der Waals surface area contributed by atoms with Crippen LogP contribution in [-0.2, 0) is 57.1 Å². The molecule has 2 bridgehead atoms. The summed E-state index contributed by atoms with van der Waals surface area (Å²) in [5.74, 6) is 11.0. The summed E-state index contributed by atoms with van der Waals surface area (Å²) in [4.78, 5) is 62.0. The van der Waals surface area contributed by atoms with E-state index in [0.717, 1.165) is 18.9 Å². The van der Waals surface area contributed by atoms with Crippen molar-refractivity contribution in [2.75, 3.05) is 60.7 Å². The number of allylic oxidation sites excluding steroid dienone is 3. The van der Waals surface area contributed by atoms with Gasteiger partial charge in [0.2, 0.25) is 23.1 Å². The number of nitrogens with one attached hydrogen (secondary N) is 2. The maximum Gasteiger partial charge on any atom is 0.411 e. The first kappa shape index (κ1) is 71.0. The number of fused-ring (bicyclic) bond motifs is 2. The fraction of sp³-hybridized carbons (Fsp3) is 0.649. The number of Topliss-reactive ketones (excluding diaryl/α,β-unsaturated/α-hetero) is 1. The first-order valence-corrected chi connectivity index (χ1v) is 33.8. The molecule has 87 heavy (non-hydrogen) atoms. The number of ether oxygens (including phenoxy) is 12. The normalized spacial score (nSPS) is 35.0. The summed E-state index contributed by atoms with van der Waals surface area (Å²) in [5, 5.41) is 59.4. The second-order valence-electron chi connectivity index (χ2n) is 20.8. The van der Waals surface area contributed by atoms with Crippen molar-refractivity contribution in [3.63, 3.8) is 0 Å². The van der Waals surface area contributed by atoms with E-state index in [2.05, 4.69) is 34.5 Å². The Hall–Kier alpha value is -3.43. The summed E-state index contributed by atoms with van der Waals surface area (Å²) in [7, 11) is 11.1. The van der Waals surface area contributed by atoms with Gasteiger partial charge in [-0.1, -0.05) is 63.1 Å². The van der Waals surface area contributed by atoms with E-state index in [9.17, 15) is 44.7 Å². The fourth-order valence-electron chi connectivity index (χ4n) is 11.0. The van der Waals surface area contributed by atoms with Gasteiger partial charge in [0.05, 0.1) is 97.0 Å². The van der Waals surface area contributed by atoms with Crippen molar-refractivity contribution < 1.29 is 106 Å². The third kappa shape index (κ3) is 16.3. The summed E-state index contributed by atoms with van der Waals surface area (Å²) in [6, 6.07) is -1.62. The van der Waals surface area contributed by atoms with E-state index in [1.807, 2.05) is 35.8 Å². The molecule has 0 radical (unpaired) electrons. The molecule has 30 heteroatoms. The van der Waals surface area contributed by atoms with Crippen LogP contribution in [-0.4, -0.2) is 229 Å². The number of carbonyl (C=O) groups excluding carboxylic acids is 4. The van der Waals surface area contributed by atoms with Gasteiger partial charge in [-0.15, -0.1) is 0 Å². The summed E-state index contributed by atoms with van der Waals surface area (Å²) in [6.07, 6.45) is -12.9. The minimum absolute atomic E-state index is 0.0116. The number of amides is 2. The van der Waals surface area contributed by atoms with E-state index in [1.54, 1.807) is 38.7 Å². The number of likely N-dealkylation sites (N-methyl/N-ethyl adjacent to an activating group) is 1. The highest BCUT2D eigenvalue weighted by molar-refractivity contribution is 14.1. The first-order valence-electron chi connectivity index (χ1n) is 27.7. The number of methoxy groups -OCH3 is 5. The number of nitrogens with zero attached hydrogens (tertiary/aromatic N) is 1. The van der Waals surface area contributed by atoms with E-state index in [-0.39, 0.29) is 65.0 Å². The number of carbonyl (C=O) groups is 4. The third-order valence-corrected chi connectivity index (χ3v) is 21.8. The summed E-state index contributed by atoms with van der Waals surface area (Å²) in [5.41, 5.74) is 1.15. The van der Waals surface area contributed by atoms with Crippen LogP contribution in [0.5, 0.6) is 17.2 Å². The van der Waals surface area contributed by atoms with Crippen molar-refractivity contribution in [1.29, 1.82) is 0 Å². The Balaban J connectivity index is 1.14. The Kier molecular flexibility index (Phi) is 26.3. The average molecular weight is 1410 g/mol. The molecule has 1 aromatic rings. The molecule has 7 N–H and O–H groups in total. The zero-order valence-corrected chi connectivity index (χ0v) is 55.4. The van der Waals surface area contributed by atoms with Gasteiger partial charge < -0.3 is 87.3 Å². The maximum absolute atomic E-state index is 14.5. The van der Waals surface area contributed by atoms with Gasteiger partial charge in [0.1, 0.15) is 36.6 Å². The summed E-state index contributed by atoms with van der Waals surface area (Å²) >= 11 is 2.80. The number of thioether (sulfide) groups is 1. The average Bonchev–Trinajstić information content (AvgIpc) is 1.63. The number of rotatable bonds is 22. The molecule has 19 atom stereocenters. The lowest BCUT2D eigenvalue weighted by Crippen LogP contribution is -2.65. The van der Waals surface area contributed by atoms with Crippen LogP contribution in [0.15, 0.2) is 35.1 Å². The molecule has 6 aliphatic rings. The van der Waals surface area contributed by atoms with Crippen LogP contribution in [0.1, 0.15) is 69.8 Å². The van der Waals surface area contributed by atoms with Crippen LogP contribution < -0.4 is 25.0 Å². The van der Waals surface area contributed by atoms with Crippen molar-refractivity contribution in [2.45, 2.75) is 176 Å². The lowest BCUT2D eigenvalue weighted by molar-refractivity contribution is -0.337. The minimum Gasteiger partial charge on any atom is -0.492 e. The second kappa shape index (κ2) is 32.2. The highest BCUT2D eigenvalue weighted by atomic mass is 127. The van der Waals surface area contributed by atoms with Gasteiger partial charge in [-0.05, 0) is 91.0 Å². The van der Waals surface area contributed by atoms with E-state index < -0.39 is 139 Å². The molecule has 4 heterocycles. The SMILES string of the molecule is CCN(C(C)=O)[C@H]1CO[C@@H](O[C@H]2[C@H](O[C@H]3C#C/C=C/C#C[C@]4(O)CC(=O)C(NC(=O)OC)=C3/C4=C/CSSSC)O[C@H](C)[C@@H](NO[C@H]3C[C@H](O)[C@H](SC(=O)c4c(C)c(I)c(O[C@@H]5O[C@@H](C)[C@H](O)[C@@H](OC)[C@H]5O)c(OC)c4OC)[C@@H](C)O3)[C@@H]2O)C[C@@H]1OC. The van der Waals surface area contributed by atoms with Gasteiger partial charge in [0.15, 0.2) is 41.8 Å². The molecule has 0 aromatic heterocycles. The highest BCUT2D eigenvalue weighted by Crippen LogP contribution is 2.49. The van der Waals surface area contributed by atoms with E-state index in [0.29, 0.717) is 21.4 Å². The lowest BCUT2D eigenvalue weighted by Gasteiger charge is -2.47. The predicted octanol–water partition coefficient (Wildman–Crippen LogP) is 3.46. The Morgan fingerprint density at radius 3 is 2.24 bits per heavy atom. The molecule has 7 rings (SSSR count). The van der Waals surface area contributed by atoms with Gasteiger partial charge in [-0.25, -0.2) is 4.79 Å². The van der Waals surface area contributed by atoms with Crippen LogP contribution >= 0.6 is 65.8 Å². The molecule has 482 valence electrons. The molecule has 25 nitrogen and oxygen atoms in total.